The number of ether oxygens (including phenoxy) is 1. The van der Waals surface area contributed by atoms with Crippen LogP contribution in [0.4, 0.5) is 0 Å². The molecule has 2 rings (SSSR count). The second kappa shape index (κ2) is 8.35. The normalized spacial score (nSPS) is 31.8. The Balaban J connectivity index is 1.74. The first kappa shape index (κ1) is 16.3. The fraction of sp³-hybridized carbons (Fsp3) is 1.00. The molecule has 2 fully saturated rings. The molecule has 0 aromatic rings. The number of aliphatic hydroxyl groups excluding tert-OH is 1. The zero-order valence-corrected chi connectivity index (χ0v) is 13.2. The maximum atomic E-state index is 9.86. The van der Waals surface area contributed by atoms with Gasteiger partial charge in [-0.1, -0.05) is 32.6 Å². The van der Waals surface area contributed by atoms with Crippen LogP contribution in [-0.4, -0.2) is 36.5 Å². The highest BCUT2D eigenvalue weighted by Gasteiger charge is 2.41. The van der Waals surface area contributed by atoms with Crippen molar-refractivity contribution in [2.45, 2.75) is 82.8 Å². The summed E-state index contributed by atoms with van der Waals surface area (Å²) in [5, 5.41) is 13.5. The third-order valence-electron chi connectivity index (χ3n) is 5.34. The van der Waals surface area contributed by atoms with Crippen molar-refractivity contribution in [3.8, 4) is 0 Å². The van der Waals surface area contributed by atoms with E-state index in [4.69, 9.17) is 4.74 Å². The maximum Gasteiger partial charge on any atom is 0.0616 e. The molecule has 3 nitrogen and oxygen atoms in total. The summed E-state index contributed by atoms with van der Waals surface area (Å²) < 4.78 is 6.08. The third-order valence-corrected chi connectivity index (χ3v) is 5.34. The van der Waals surface area contributed by atoms with E-state index >= 15 is 0 Å². The first-order valence-electron chi connectivity index (χ1n) is 8.78. The van der Waals surface area contributed by atoms with Crippen LogP contribution in [0.2, 0.25) is 0 Å². The van der Waals surface area contributed by atoms with Gasteiger partial charge in [0.25, 0.3) is 0 Å². The second-order valence-electron chi connectivity index (χ2n) is 6.75. The van der Waals surface area contributed by atoms with E-state index in [0.29, 0.717) is 12.0 Å². The van der Waals surface area contributed by atoms with E-state index in [-0.39, 0.29) is 12.1 Å². The van der Waals surface area contributed by atoms with Crippen molar-refractivity contribution in [1.82, 2.24) is 5.32 Å². The van der Waals surface area contributed by atoms with Crippen LogP contribution in [0, 0.1) is 5.92 Å². The van der Waals surface area contributed by atoms with Crippen LogP contribution < -0.4 is 5.32 Å². The third kappa shape index (κ3) is 4.19. The largest absolute Gasteiger partial charge is 0.394 e. The van der Waals surface area contributed by atoms with Gasteiger partial charge < -0.3 is 15.2 Å². The van der Waals surface area contributed by atoms with Gasteiger partial charge in [0.2, 0.25) is 0 Å². The van der Waals surface area contributed by atoms with Crippen molar-refractivity contribution in [3.63, 3.8) is 0 Å². The van der Waals surface area contributed by atoms with Gasteiger partial charge in [-0.2, -0.15) is 0 Å². The number of hydrogen-bond acceptors (Lipinski definition) is 3. The predicted molar refractivity (Wildman–Crippen MR) is 82.9 cm³/mol. The zero-order chi connectivity index (χ0) is 14.3. The minimum Gasteiger partial charge on any atom is -0.394 e. The summed E-state index contributed by atoms with van der Waals surface area (Å²) in [6, 6.07) is 0. The summed E-state index contributed by atoms with van der Waals surface area (Å²) in [4.78, 5) is 0. The van der Waals surface area contributed by atoms with Crippen LogP contribution in [0.1, 0.15) is 71.1 Å². The average molecular weight is 283 g/mol. The fourth-order valence-corrected chi connectivity index (χ4v) is 4.04. The highest BCUT2D eigenvalue weighted by atomic mass is 16.5. The Morgan fingerprint density at radius 1 is 1.15 bits per heavy atom. The number of rotatable bonds is 8. The summed E-state index contributed by atoms with van der Waals surface area (Å²) in [7, 11) is 0. The van der Waals surface area contributed by atoms with E-state index in [9.17, 15) is 5.11 Å². The van der Waals surface area contributed by atoms with E-state index < -0.39 is 0 Å². The molecule has 118 valence electrons. The highest BCUT2D eigenvalue weighted by molar-refractivity contribution is 4.98. The summed E-state index contributed by atoms with van der Waals surface area (Å²) >= 11 is 0. The van der Waals surface area contributed by atoms with E-state index in [1.165, 1.54) is 44.9 Å². The first-order chi connectivity index (χ1) is 9.80. The molecule has 2 aliphatic rings. The Labute approximate surface area is 124 Å². The van der Waals surface area contributed by atoms with Gasteiger partial charge in [0.1, 0.15) is 0 Å². The number of aliphatic hydroxyl groups is 1. The SMILES string of the molecule is CCCNC1(CO)CCCC1CCOC1CCCCC1. The van der Waals surface area contributed by atoms with Crippen LogP contribution in [0.5, 0.6) is 0 Å². The van der Waals surface area contributed by atoms with Crippen LogP contribution in [0.15, 0.2) is 0 Å². The molecule has 2 unspecified atom stereocenters. The molecular weight excluding hydrogens is 250 g/mol. The van der Waals surface area contributed by atoms with Crippen LogP contribution in [-0.2, 0) is 4.74 Å². The maximum absolute atomic E-state index is 9.86. The van der Waals surface area contributed by atoms with Gasteiger partial charge in [0.05, 0.1) is 12.7 Å². The van der Waals surface area contributed by atoms with Gasteiger partial charge >= 0.3 is 0 Å². The average Bonchev–Trinajstić information content (AvgIpc) is 2.90. The van der Waals surface area contributed by atoms with Crippen molar-refractivity contribution < 1.29 is 9.84 Å². The lowest BCUT2D eigenvalue weighted by Gasteiger charge is -2.35. The molecule has 0 saturated heterocycles. The molecule has 3 heteroatoms. The standard InChI is InChI=1S/C17H33NO2/c1-2-12-18-17(14-19)11-6-7-15(17)10-13-20-16-8-4-3-5-9-16/h15-16,18-19H,2-14H2,1H3. The lowest BCUT2D eigenvalue weighted by Crippen LogP contribution is -2.52. The van der Waals surface area contributed by atoms with Gasteiger partial charge in [-0.25, -0.2) is 0 Å². The second-order valence-corrected chi connectivity index (χ2v) is 6.75. The van der Waals surface area contributed by atoms with E-state index in [2.05, 4.69) is 12.2 Å². The Kier molecular flexibility index (Phi) is 6.79. The van der Waals surface area contributed by atoms with Crippen molar-refractivity contribution in [1.29, 1.82) is 0 Å². The molecule has 2 aliphatic carbocycles. The first-order valence-corrected chi connectivity index (χ1v) is 8.78. The van der Waals surface area contributed by atoms with Crippen LogP contribution in [0.3, 0.4) is 0 Å². The quantitative estimate of drug-likeness (QED) is 0.718. The monoisotopic (exact) mass is 283 g/mol. The molecule has 0 aromatic heterocycles. The zero-order valence-electron chi connectivity index (χ0n) is 13.2. The van der Waals surface area contributed by atoms with Crippen molar-refractivity contribution in [2.75, 3.05) is 19.8 Å². The van der Waals surface area contributed by atoms with Gasteiger partial charge in [-0.15, -0.1) is 0 Å². The van der Waals surface area contributed by atoms with Crippen molar-refractivity contribution >= 4 is 0 Å². The van der Waals surface area contributed by atoms with Crippen molar-refractivity contribution in [2.24, 2.45) is 5.92 Å². The summed E-state index contributed by atoms with van der Waals surface area (Å²) in [6.45, 7) is 4.36. The molecule has 0 radical (unpaired) electrons. The fourth-order valence-electron chi connectivity index (χ4n) is 4.04. The topological polar surface area (TPSA) is 41.5 Å². The minimum atomic E-state index is -0.0219. The van der Waals surface area contributed by atoms with E-state index in [1.807, 2.05) is 0 Å². The molecule has 0 heterocycles. The van der Waals surface area contributed by atoms with Crippen molar-refractivity contribution in [3.05, 3.63) is 0 Å². The van der Waals surface area contributed by atoms with Gasteiger partial charge in [-0.05, 0) is 51.0 Å². The Bertz CT molecular complexity index is 266. The Morgan fingerprint density at radius 3 is 2.65 bits per heavy atom. The van der Waals surface area contributed by atoms with Crippen LogP contribution >= 0.6 is 0 Å². The van der Waals surface area contributed by atoms with Gasteiger partial charge in [0.15, 0.2) is 0 Å². The smallest absolute Gasteiger partial charge is 0.0616 e. The molecule has 0 amide bonds. The summed E-state index contributed by atoms with van der Waals surface area (Å²) in [5.41, 5.74) is -0.0219. The predicted octanol–water partition coefficient (Wildman–Crippen LogP) is 3.26. The highest BCUT2D eigenvalue weighted by Crippen LogP contribution is 2.38. The summed E-state index contributed by atoms with van der Waals surface area (Å²) in [6.07, 6.45) is 12.9. The molecule has 2 atom stereocenters. The minimum absolute atomic E-state index is 0.0219. The molecular formula is C17H33NO2. The number of hydrogen-bond donors (Lipinski definition) is 2. The molecule has 0 aromatic carbocycles. The molecule has 20 heavy (non-hydrogen) atoms. The lowest BCUT2D eigenvalue weighted by atomic mass is 9.85. The van der Waals surface area contributed by atoms with E-state index in [0.717, 1.165) is 32.4 Å². The van der Waals surface area contributed by atoms with Crippen LogP contribution in [0.25, 0.3) is 0 Å². The molecule has 0 aliphatic heterocycles. The van der Waals surface area contributed by atoms with E-state index in [1.54, 1.807) is 0 Å². The Hall–Kier alpha value is -0.120. The van der Waals surface area contributed by atoms with Gasteiger partial charge in [0, 0.05) is 12.1 Å². The Morgan fingerprint density at radius 2 is 1.95 bits per heavy atom. The summed E-state index contributed by atoms with van der Waals surface area (Å²) in [5.74, 6) is 0.586. The molecule has 0 spiro atoms. The molecule has 2 saturated carbocycles. The molecule has 0 bridgehead atoms. The number of nitrogens with one attached hydrogen (secondary N) is 1. The lowest BCUT2D eigenvalue weighted by molar-refractivity contribution is 0.0119. The molecule has 2 N–H and O–H groups in total. The van der Waals surface area contributed by atoms with Gasteiger partial charge in [-0.3, -0.25) is 0 Å².